The smallest absolute Gasteiger partial charge is 0.127 e. The van der Waals surface area contributed by atoms with Crippen LogP contribution in [0.2, 0.25) is 5.02 Å². The van der Waals surface area contributed by atoms with E-state index in [1.807, 2.05) is 54.6 Å². The minimum absolute atomic E-state index is 0.148. The molecule has 124 valence electrons. The van der Waals surface area contributed by atoms with Gasteiger partial charge in [-0.05, 0) is 24.6 Å². The maximum Gasteiger partial charge on any atom is 0.127 e. The first-order valence-electron chi connectivity index (χ1n) is 8.14. The fourth-order valence-corrected chi connectivity index (χ4v) is 3.06. The molecule has 0 bridgehead atoms. The van der Waals surface area contributed by atoms with Gasteiger partial charge in [-0.1, -0.05) is 73.1 Å². The van der Waals surface area contributed by atoms with Gasteiger partial charge in [-0.3, -0.25) is 0 Å². The molecule has 2 nitrogen and oxygen atoms in total. The maximum absolute atomic E-state index is 6.58. The molecule has 3 heteroatoms. The molecule has 2 atom stereocenters. The van der Waals surface area contributed by atoms with E-state index in [0.29, 0.717) is 6.61 Å². The molecule has 3 aromatic rings. The molecule has 3 rings (SSSR count). The largest absolute Gasteiger partial charge is 0.493 e. The molecule has 0 fully saturated rings. The van der Waals surface area contributed by atoms with E-state index < -0.39 is 5.54 Å². The third kappa shape index (κ3) is 3.26. The van der Waals surface area contributed by atoms with Crippen molar-refractivity contribution < 1.29 is 4.74 Å². The monoisotopic (exact) mass is 339 g/mol. The van der Waals surface area contributed by atoms with Crippen molar-refractivity contribution in [2.45, 2.75) is 19.4 Å². The van der Waals surface area contributed by atoms with Gasteiger partial charge in [0.05, 0.1) is 6.61 Å². The van der Waals surface area contributed by atoms with Gasteiger partial charge in [0.2, 0.25) is 0 Å². The number of halogens is 1. The first-order valence-corrected chi connectivity index (χ1v) is 8.52. The lowest BCUT2D eigenvalue weighted by molar-refractivity contribution is 0.193. The minimum atomic E-state index is -0.455. The van der Waals surface area contributed by atoms with Crippen molar-refractivity contribution in [3.8, 4) is 5.75 Å². The molecular weight excluding hydrogens is 318 g/mol. The Kier molecular flexibility index (Phi) is 4.79. The van der Waals surface area contributed by atoms with Crippen LogP contribution >= 0.6 is 11.6 Å². The Bertz CT molecular complexity index is 830. The van der Waals surface area contributed by atoms with Crippen molar-refractivity contribution in [1.82, 2.24) is 0 Å². The fraction of sp³-hybridized carbons (Fsp3) is 0.238. The predicted octanol–water partition coefficient (Wildman–Crippen LogP) is 5.38. The zero-order valence-electron chi connectivity index (χ0n) is 14.0. The topological polar surface area (TPSA) is 35.2 Å². The van der Waals surface area contributed by atoms with Gasteiger partial charge in [-0.2, -0.15) is 0 Å². The number of ether oxygens (including phenoxy) is 1. The lowest BCUT2D eigenvalue weighted by atomic mass is 9.82. The first-order chi connectivity index (χ1) is 11.5. The molecular formula is C21H22ClNO. The Hall–Kier alpha value is -2.03. The van der Waals surface area contributed by atoms with Crippen LogP contribution in [0.4, 0.5) is 0 Å². The molecule has 0 saturated heterocycles. The van der Waals surface area contributed by atoms with E-state index in [0.717, 1.165) is 27.1 Å². The molecule has 0 spiro atoms. The van der Waals surface area contributed by atoms with Gasteiger partial charge in [0.15, 0.2) is 0 Å². The van der Waals surface area contributed by atoms with Gasteiger partial charge in [0, 0.05) is 27.3 Å². The zero-order valence-corrected chi connectivity index (χ0v) is 14.8. The van der Waals surface area contributed by atoms with E-state index >= 15 is 0 Å². The summed E-state index contributed by atoms with van der Waals surface area (Å²) in [7, 11) is 0. The van der Waals surface area contributed by atoms with Gasteiger partial charge in [0.1, 0.15) is 5.75 Å². The van der Waals surface area contributed by atoms with Crippen LogP contribution in [0.25, 0.3) is 10.8 Å². The van der Waals surface area contributed by atoms with Crippen molar-refractivity contribution in [3.63, 3.8) is 0 Å². The van der Waals surface area contributed by atoms with E-state index in [2.05, 4.69) is 26.0 Å². The number of benzene rings is 3. The summed E-state index contributed by atoms with van der Waals surface area (Å²) in [6, 6.07) is 22.0. The number of hydrogen-bond donors (Lipinski definition) is 1. The molecule has 3 aromatic carbocycles. The molecule has 0 aromatic heterocycles. The summed E-state index contributed by atoms with van der Waals surface area (Å²) < 4.78 is 6.11. The quantitative estimate of drug-likeness (QED) is 0.677. The van der Waals surface area contributed by atoms with Crippen LogP contribution in [-0.2, 0) is 5.54 Å². The molecule has 0 aliphatic heterocycles. The van der Waals surface area contributed by atoms with Crippen LogP contribution < -0.4 is 10.5 Å². The van der Waals surface area contributed by atoms with Gasteiger partial charge in [0.25, 0.3) is 0 Å². The van der Waals surface area contributed by atoms with Crippen molar-refractivity contribution in [2.24, 2.45) is 11.7 Å². The van der Waals surface area contributed by atoms with E-state index in [4.69, 9.17) is 22.1 Å². The second-order valence-corrected chi connectivity index (χ2v) is 6.86. The standard InChI is InChI=1S/C21H22ClNO/c1-15(21(2,23)16-8-4-3-5-9-16)14-24-20-13-12-19(22)17-10-6-7-11-18(17)20/h3-13,15H,14,23H2,1-2H3. The van der Waals surface area contributed by atoms with E-state index in [-0.39, 0.29) is 5.92 Å². The molecule has 0 amide bonds. The highest BCUT2D eigenvalue weighted by Crippen LogP contribution is 2.33. The number of nitrogens with two attached hydrogens (primary N) is 1. The fourth-order valence-electron chi connectivity index (χ4n) is 2.83. The summed E-state index contributed by atoms with van der Waals surface area (Å²) in [5, 5.41) is 2.76. The van der Waals surface area contributed by atoms with Crippen LogP contribution in [0, 0.1) is 5.92 Å². The van der Waals surface area contributed by atoms with Gasteiger partial charge in [-0.15, -0.1) is 0 Å². The summed E-state index contributed by atoms with van der Waals surface area (Å²) in [5.41, 5.74) is 7.24. The minimum Gasteiger partial charge on any atom is -0.493 e. The third-order valence-electron chi connectivity index (χ3n) is 4.74. The lowest BCUT2D eigenvalue weighted by Crippen LogP contribution is -2.42. The Labute approximate surface area is 148 Å². The molecule has 2 unspecified atom stereocenters. The Morgan fingerprint density at radius 2 is 1.58 bits per heavy atom. The second kappa shape index (κ2) is 6.84. The molecule has 0 heterocycles. The third-order valence-corrected chi connectivity index (χ3v) is 5.07. The summed E-state index contributed by atoms with van der Waals surface area (Å²) in [4.78, 5) is 0. The van der Waals surface area contributed by atoms with Gasteiger partial charge >= 0.3 is 0 Å². The molecule has 24 heavy (non-hydrogen) atoms. The van der Waals surface area contributed by atoms with Crippen LogP contribution in [0.5, 0.6) is 5.75 Å². The first kappa shape index (κ1) is 16.8. The summed E-state index contributed by atoms with van der Waals surface area (Å²) in [6.45, 7) is 4.70. The highest BCUT2D eigenvalue weighted by Gasteiger charge is 2.29. The van der Waals surface area contributed by atoms with Gasteiger partial charge in [-0.25, -0.2) is 0 Å². The Morgan fingerprint density at radius 1 is 0.958 bits per heavy atom. The van der Waals surface area contributed by atoms with Crippen molar-refractivity contribution in [2.75, 3.05) is 6.61 Å². The van der Waals surface area contributed by atoms with Crippen LogP contribution in [0.1, 0.15) is 19.4 Å². The zero-order chi connectivity index (χ0) is 17.2. The summed E-state index contributed by atoms with van der Waals surface area (Å²) in [5.74, 6) is 0.986. The molecule has 0 aliphatic rings. The van der Waals surface area contributed by atoms with Crippen LogP contribution in [0.15, 0.2) is 66.7 Å². The molecule has 0 radical (unpaired) electrons. The van der Waals surface area contributed by atoms with E-state index in [1.54, 1.807) is 0 Å². The SMILES string of the molecule is CC(COc1ccc(Cl)c2ccccc12)C(C)(N)c1ccccc1. The summed E-state index contributed by atoms with van der Waals surface area (Å²) in [6.07, 6.45) is 0. The van der Waals surface area contributed by atoms with Crippen molar-refractivity contribution in [1.29, 1.82) is 0 Å². The molecule has 2 N–H and O–H groups in total. The van der Waals surface area contributed by atoms with Gasteiger partial charge < -0.3 is 10.5 Å². The van der Waals surface area contributed by atoms with Crippen molar-refractivity contribution in [3.05, 3.63) is 77.3 Å². The Morgan fingerprint density at radius 3 is 2.29 bits per heavy atom. The molecule has 0 saturated carbocycles. The normalized spacial score (nSPS) is 15.0. The number of fused-ring (bicyclic) bond motifs is 1. The van der Waals surface area contributed by atoms with Crippen LogP contribution in [-0.4, -0.2) is 6.61 Å². The summed E-state index contributed by atoms with van der Waals surface area (Å²) >= 11 is 6.27. The molecule has 0 aliphatic carbocycles. The average Bonchev–Trinajstić information content (AvgIpc) is 2.62. The highest BCUT2D eigenvalue weighted by molar-refractivity contribution is 6.35. The van der Waals surface area contributed by atoms with Crippen molar-refractivity contribution >= 4 is 22.4 Å². The maximum atomic E-state index is 6.58. The van der Waals surface area contributed by atoms with Crippen LogP contribution in [0.3, 0.4) is 0 Å². The predicted molar refractivity (Wildman–Crippen MR) is 102 cm³/mol. The van der Waals surface area contributed by atoms with E-state index in [1.165, 1.54) is 0 Å². The second-order valence-electron chi connectivity index (χ2n) is 6.45. The highest BCUT2D eigenvalue weighted by atomic mass is 35.5. The Balaban J connectivity index is 1.80. The number of rotatable bonds is 5. The average molecular weight is 340 g/mol. The van der Waals surface area contributed by atoms with E-state index in [9.17, 15) is 0 Å². The lowest BCUT2D eigenvalue weighted by Gasteiger charge is -2.32. The number of hydrogen-bond acceptors (Lipinski definition) is 2.